The maximum atomic E-state index is 12.7. The molecule has 0 bridgehead atoms. The van der Waals surface area contributed by atoms with Crippen molar-refractivity contribution in [3.63, 3.8) is 0 Å². The molecule has 0 unspecified atom stereocenters. The van der Waals surface area contributed by atoms with Gasteiger partial charge in [-0.25, -0.2) is 0 Å². The molecule has 0 fully saturated rings. The fraction of sp³-hybridized carbons (Fsp3) is 0.368. The molecule has 1 aliphatic carbocycles. The third-order valence-electron chi connectivity index (χ3n) is 4.72. The number of carbonyl (C=O) groups excluding carboxylic acids is 2. The van der Waals surface area contributed by atoms with Crippen LogP contribution in [-0.2, 0) is 9.59 Å². The fourth-order valence-corrected chi connectivity index (χ4v) is 3.37. The molecular weight excluding hydrogens is 290 g/mol. The van der Waals surface area contributed by atoms with Gasteiger partial charge in [-0.2, -0.15) is 0 Å². The van der Waals surface area contributed by atoms with E-state index >= 15 is 0 Å². The largest absolute Gasteiger partial charge is 0.550 e. The summed E-state index contributed by atoms with van der Waals surface area (Å²) < 4.78 is 0. The van der Waals surface area contributed by atoms with E-state index in [9.17, 15) is 14.7 Å². The van der Waals surface area contributed by atoms with E-state index < -0.39 is 17.8 Å². The van der Waals surface area contributed by atoms with Crippen molar-refractivity contribution in [1.29, 1.82) is 0 Å². The number of benzene rings is 1. The number of rotatable bonds is 3. The molecule has 3 rings (SSSR count). The van der Waals surface area contributed by atoms with E-state index in [1.54, 1.807) is 4.90 Å². The molecule has 0 saturated heterocycles. The molecule has 0 radical (unpaired) electrons. The predicted molar refractivity (Wildman–Crippen MR) is 86.0 cm³/mol. The summed E-state index contributed by atoms with van der Waals surface area (Å²) in [5.74, 6) is -2.37. The van der Waals surface area contributed by atoms with Crippen molar-refractivity contribution < 1.29 is 14.7 Å². The molecule has 0 spiro atoms. The van der Waals surface area contributed by atoms with Crippen LogP contribution in [0.1, 0.15) is 24.8 Å². The van der Waals surface area contributed by atoms with Crippen LogP contribution in [0.2, 0.25) is 0 Å². The summed E-state index contributed by atoms with van der Waals surface area (Å²) in [7, 11) is 0. The molecule has 1 aliphatic heterocycles. The Hall–Kier alpha value is -2.36. The standard InChI is InChI=1S/C19H21NO3/c21-18(16-8-4-5-9-17(16)19(22)23)20-12-10-15(11-13-20)14-6-2-1-3-7-14/h1-7,10,16-17H,8-9,11-13H2,(H,22,23)/p-1/t16-,17+/m0/s1. The van der Waals surface area contributed by atoms with Gasteiger partial charge in [0, 0.05) is 30.9 Å². The second-order valence-electron chi connectivity index (χ2n) is 6.10. The van der Waals surface area contributed by atoms with E-state index in [1.165, 1.54) is 11.1 Å². The topological polar surface area (TPSA) is 60.4 Å². The van der Waals surface area contributed by atoms with Crippen molar-refractivity contribution in [2.75, 3.05) is 13.1 Å². The first-order chi connectivity index (χ1) is 11.2. The summed E-state index contributed by atoms with van der Waals surface area (Å²) >= 11 is 0. The smallest absolute Gasteiger partial charge is 0.226 e. The Morgan fingerprint density at radius 2 is 1.74 bits per heavy atom. The number of aliphatic carboxylic acids is 1. The highest BCUT2D eigenvalue weighted by atomic mass is 16.4. The van der Waals surface area contributed by atoms with Crippen molar-refractivity contribution in [2.45, 2.75) is 19.3 Å². The lowest BCUT2D eigenvalue weighted by Crippen LogP contribution is -2.46. The molecule has 0 saturated carbocycles. The number of amides is 1. The van der Waals surface area contributed by atoms with Crippen LogP contribution in [0.15, 0.2) is 48.6 Å². The minimum Gasteiger partial charge on any atom is -0.550 e. The van der Waals surface area contributed by atoms with Crippen LogP contribution in [0.5, 0.6) is 0 Å². The molecule has 23 heavy (non-hydrogen) atoms. The van der Waals surface area contributed by atoms with Crippen LogP contribution < -0.4 is 5.11 Å². The van der Waals surface area contributed by atoms with Crippen LogP contribution in [0.3, 0.4) is 0 Å². The van der Waals surface area contributed by atoms with Gasteiger partial charge in [-0.1, -0.05) is 48.6 Å². The summed E-state index contributed by atoms with van der Waals surface area (Å²) in [6.07, 6.45) is 7.48. The minimum atomic E-state index is -1.12. The minimum absolute atomic E-state index is 0.0630. The molecule has 1 aromatic carbocycles. The quantitative estimate of drug-likeness (QED) is 0.797. The van der Waals surface area contributed by atoms with Crippen molar-refractivity contribution in [3.8, 4) is 0 Å². The second-order valence-corrected chi connectivity index (χ2v) is 6.10. The average molecular weight is 310 g/mol. The maximum absolute atomic E-state index is 12.7. The van der Waals surface area contributed by atoms with E-state index in [4.69, 9.17) is 0 Å². The van der Waals surface area contributed by atoms with Gasteiger partial charge in [0.1, 0.15) is 0 Å². The first-order valence-corrected chi connectivity index (χ1v) is 8.06. The van der Waals surface area contributed by atoms with E-state index in [0.29, 0.717) is 25.9 Å². The van der Waals surface area contributed by atoms with E-state index in [2.05, 4.69) is 18.2 Å². The number of carboxylic acids is 1. The normalized spacial score (nSPS) is 24.2. The van der Waals surface area contributed by atoms with Crippen LogP contribution in [-0.4, -0.2) is 29.9 Å². The van der Waals surface area contributed by atoms with Gasteiger partial charge in [0.05, 0.1) is 0 Å². The highest BCUT2D eigenvalue weighted by molar-refractivity contribution is 5.85. The predicted octanol–water partition coefficient (Wildman–Crippen LogP) is 1.63. The number of hydrogen-bond acceptors (Lipinski definition) is 3. The summed E-state index contributed by atoms with van der Waals surface area (Å²) in [6.45, 7) is 1.18. The third kappa shape index (κ3) is 3.36. The Morgan fingerprint density at radius 1 is 1.04 bits per heavy atom. The molecule has 1 aromatic rings. The van der Waals surface area contributed by atoms with Gasteiger partial charge >= 0.3 is 0 Å². The zero-order valence-electron chi connectivity index (χ0n) is 13.0. The first-order valence-electron chi connectivity index (χ1n) is 8.06. The number of carboxylic acid groups (broad SMARTS) is 1. The summed E-state index contributed by atoms with van der Waals surface area (Å²) in [6, 6.07) is 10.1. The molecule has 0 N–H and O–H groups in total. The molecule has 2 atom stereocenters. The zero-order valence-corrected chi connectivity index (χ0v) is 13.0. The second kappa shape index (κ2) is 6.82. The zero-order chi connectivity index (χ0) is 16.2. The number of carbonyl (C=O) groups is 2. The van der Waals surface area contributed by atoms with Gasteiger partial charge in [-0.3, -0.25) is 4.79 Å². The van der Waals surface area contributed by atoms with Gasteiger partial charge in [0.2, 0.25) is 5.91 Å². The first kappa shape index (κ1) is 15.5. The van der Waals surface area contributed by atoms with Crippen LogP contribution >= 0.6 is 0 Å². The molecule has 1 heterocycles. The summed E-state index contributed by atoms with van der Waals surface area (Å²) in [5.41, 5.74) is 2.43. The number of hydrogen-bond donors (Lipinski definition) is 0. The van der Waals surface area contributed by atoms with E-state index in [0.717, 1.165) is 6.42 Å². The Balaban J connectivity index is 1.69. The Kier molecular flexibility index (Phi) is 4.60. The van der Waals surface area contributed by atoms with Gasteiger partial charge in [-0.05, 0) is 30.4 Å². The lowest BCUT2D eigenvalue weighted by Gasteiger charge is -2.34. The fourth-order valence-electron chi connectivity index (χ4n) is 3.37. The maximum Gasteiger partial charge on any atom is 0.226 e. The van der Waals surface area contributed by atoms with Gasteiger partial charge < -0.3 is 14.8 Å². The van der Waals surface area contributed by atoms with Gasteiger partial charge in [0.25, 0.3) is 0 Å². The summed E-state index contributed by atoms with van der Waals surface area (Å²) in [4.78, 5) is 25.7. The molecule has 2 aliphatic rings. The van der Waals surface area contributed by atoms with Crippen LogP contribution in [0, 0.1) is 11.8 Å². The van der Waals surface area contributed by atoms with Crippen LogP contribution in [0.25, 0.3) is 5.57 Å². The monoisotopic (exact) mass is 310 g/mol. The van der Waals surface area contributed by atoms with E-state index in [1.807, 2.05) is 30.4 Å². The highest BCUT2D eigenvalue weighted by Crippen LogP contribution is 2.29. The highest BCUT2D eigenvalue weighted by Gasteiger charge is 2.33. The SMILES string of the molecule is O=C([O-])[C@@H]1CC=CC[C@@H]1C(=O)N1CC=C(c2ccccc2)CC1. The summed E-state index contributed by atoms with van der Waals surface area (Å²) in [5, 5.41) is 11.3. The molecule has 0 aromatic heterocycles. The van der Waals surface area contributed by atoms with Crippen molar-refractivity contribution in [3.05, 3.63) is 54.1 Å². The average Bonchev–Trinajstić information content (AvgIpc) is 2.62. The van der Waals surface area contributed by atoms with Crippen molar-refractivity contribution in [2.24, 2.45) is 11.8 Å². The molecule has 120 valence electrons. The van der Waals surface area contributed by atoms with Crippen LogP contribution in [0.4, 0.5) is 0 Å². The van der Waals surface area contributed by atoms with Crippen molar-refractivity contribution >= 4 is 17.4 Å². The lowest BCUT2D eigenvalue weighted by atomic mass is 9.82. The van der Waals surface area contributed by atoms with E-state index in [-0.39, 0.29) is 5.91 Å². The Labute approximate surface area is 136 Å². The molecular formula is C19H20NO3-. The number of allylic oxidation sites excluding steroid dienone is 2. The lowest BCUT2D eigenvalue weighted by molar-refractivity contribution is -0.313. The molecule has 4 nitrogen and oxygen atoms in total. The molecule has 1 amide bonds. The number of nitrogens with zero attached hydrogens (tertiary/aromatic N) is 1. The van der Waals surface area contributed by atoms with Crippen molar-refractivity contribution in [1.82, 2.24) is 4.90 Å². The third-order valence-corrected chi connectivity index (χ3v) is 4.72. The molecule has 4 heteroatoms. The van der Waals surface area contributed by atoms with Gasteiger partial charge in [0.15, 0.2) is 0 Å². The Morgan fingerprint density at radius 3 is 2.35 bits per heavy atom. The van der Waals surface area contributed by atoms with Gasteiger partial charge in [-0.15, -0.1) is 0 Å². The Bertz CT molecular complexity index is 648.